The van der Waals surface area contributed by atoms with Crippen molar-refractivity contribution in [3.8, 4) is 0 Å². The third-order valence-electron chi connectivity index (χ3n) is 1.67. The van der Waals surface area contributed by atoms with Crippen LogP contribution in [0.4, 0.5) is 0 Å². The first-order valence-corrected chi connectivity index (χ1v) is 6.46. The van der Waals surface area contributed by atoms with Crippen LogP contribution in [0, 0.1) is 0 Å². The lowest BCUT2D eigenvalue weighted by Crippen LogP contribution is -2.37. The number of rotatable bonds is 8. The van der Waals surface area contributed by atoms with Gasteiger partial charge in [0.1, 0.15) is 0 Å². The first kappa shape index (κ1) is 13.8. The summed E-state index contributed by atoms with van der Waals surface area (Å²) in [7, 11) is -3.28. The van der Waals surface area contributed by atoms with Crippen molar-refractivity contribution in [2.24, 2.45) is 5.73 Å². The molecule has 0 bridgehead atoms. The quantitative estimate of drug-likeness (QED) is 0.504. The summed E-state index contributed by atoms with van der Waals surface area (Å²) in [5.41, 5.74) is 5.53. The zero-order valence-electron chi connectivity index (χ0n) is 8.91. The SMILES string of the molecule is CCCNS(=O)(=O)NCCCC(C)N. The van der Waals surface area contributed by atoms with Crippen molar-refractivity contribution in [3.05, 3.63) is 0 Å². The Kier molecular flexibility index (Phi) is 7.08. The van der Waals surface area contributed by atoms with Crippen molar-refractivity contribution < 1.29 is 8.42 Å². The molecule has 0 aliphatic rings. The van der Waals surface area contributed by atoms with E-state index < -0.39 is 10.2 Å². The van der Waals surface area contributed by atoms with Gasteiger partial charge in [-0.15, -0.1) is 0 Å². The molecule has 0 aromatic carbocycles. The van der Waals surface area contributed by atoms with Gasteiger partial charge in [-0.3, -0.25) is 0 Å². The van der Waals surface area contributed by atoms with Crippen molar-refractivity contribution in [3.63, 3.8) is 0 Å². The van der Waals surface area contributed by atoms with E-state index in [1.54, 1.807) is 0 Å². The van der Waals surface area contributed by atoms with E-state index in [9.17, 15) is 8.42 Å². The van der Waals surface area contributed by atoms with E-state index in [1.807, 2.05) is 13.8 Å². The number of hydrogen-bond donors (Lipinski definition) is 3. The zero-order valence-corrected chi connectivity index (χ0v) is 9.73. The summed E-state index contributed by atoms with van der Waals surface area (Å²) in [5.74, 6) is 0. The van der Waals surface area contributed by atoms with E-state index in [0.717, 1.165) is 19.3 Å². The highest BCUT2D eigenvalue weighted by atomic mass is 32.2. The van der Waals surface area contributed by atoms with Crippen molar-refractivity contribution in [1.82, 2.24) is 9.44 Å². The van der Waals surface area contributed by atoms with Gasteiger partial charge in [-0.05, 0) is 26.2 Å². The van der Waals surface area contributed by atoms with E-state index in [1.165, 1.54) is 0 Å². The second-order valence-corrected chi connectivity index (χ2v) is 5.00. The fraction of sp³-hybridized carbons (Fsp3) is 1.00. The van der Waals surface area contributed by atoms with Crippen LogP contribution in [0.15, 0.2) is 0 Å². The second kappa shape index (κ2) is 7.17. The molecule has 0 aliphatic heterocycles. The Morgan fingerprint density at radius 3 is 2.36 bits per heavy atom. The van der Waals surface area contributed by atoms with Crippen LogP contribution in [0.25, 0.3) is 0 Å². The summed E-state index contributed by atoms with van der Waals surface area (Å²) in [4.78, 5) is 0. The molecule has 14 heavy (non-hydrogen) atoms. The van der Waals surface area contributed by atoms with E-state index in [2.05, 4.69) is 9.44 Å². The van der Waals surface area contributed by atoms with E-state index >= 15 is 0 Å². The van der Waals surface area contributed by atoms with Gasteiger partial charge in [0.15, 0.2) is 0 Å². The monoisotopic (exact) mass is 223 g/mol. The van der Waals surface area contributed by atoms with E-state index in [4.69, 9.17) is 5.73 Å². The molecular formula is C8H21N3O2S. The van der Waals surface area contributed by atoms with Gasteiger partial charge in [0.05, 0.1) is 0 Å². The molecule has 5 nitrogen and oxygen atoms in total. The van der Waals surface area contributed by atoms with Crippen LogP contribution in [0.5, 0.6) is 0 Å². The summed E-state index contributed by atoms with van der Waals surface area (Å²) in [6, 6.07) is 0.128. The highest BCUT2D eigenvalue weighted by Crippen LogP contribution is 1.91. The summed E-state index contributed by atoms with van der Waals surface area (Å²) >= 11 is 0. The van der Waals surface area contributed by atoms with Crippen LogP contribution in [0.2, 0.25) is 0 Å². The molecule has 0 rings (SSSR count). The van der Waals surface area contributed by atoms with Crippen molar-refractivity contribution in [2.45, 2.75) is 39.2 Å². The minimum Gasteiger partial charge on any atom is -0.328 e. The molecule has 0 amide bonds. The average molecular weight is 223 g/mol. The summed E-state index contributed by atoms with van der Waals surface area (Å²) in [5, 5.41) is 0. The largest absolute Gasteiger partial charge is 0.328 e. The van der Waals surface area contributed by atoms with Crippen molar-refractivity contribution >= 4 is 10.2 Å². The lowest BCUT2D eigenvalue weighted by Gasteiger charge is -2.08. The lowest BCUT2D eigenvalue weighted by atomic mass is 10.2. The average Bonchev–Trinajstić information content (AvgIpc) is 2.09. The first-order valence-electron chi connectivity index (χ1n) is 4.97. The molecule has 1 atom stereocenters. The third-order valence-corrected chi connectivity index (χ3v) is 2.84. The van der Waals surface area contributed by atoms with Crippen LogP contribution in [-0.4, -0.2) is 27.5 Å². The Balaban J connectivity index is 3.56. The Hall–Kier alpha value is -0.170. The minimum absolute atomic E-state index is 0.128. The van der Waals surface area contributed by atoms with Gasteiger partial charge in [0, 0.05) is 19.1 Å². The summed E-state index contributed by atoms with van der Waals surface area (Å²) < 4.78 is 27.2. The van der Waals surface area contributed by atoms with Gasteiger partial charge >= 0.3 is 0 Å². The number of nitrogens with two attached hydrogens (primary N) is 1. The fourth-order valence-corrected chi connectivity index (χ4v) is 1.91. The minimum atomic E-state index is -3.28. The molecular weight excluding hydrogens is 202 g/mol. The fourth-order valence-electron chi connectivity index (χ4n) is 0.918. The smallest absolute Gasteiger partial charge is 0.276 e. The molecule has 0 aromatic rings. The molecule has 6 heteroatoms. The predicted octanol–water partition coefficient (Wildman–Crippen LogP) is -0.0522. The van der Waals surface area contributed by atoms with E-state index in [-0.39, 0.29) is 6.04 Å². The molecule has 0 saturated heterocycles. The van der Waals surface area contributed by atoms with Crippen LogP contribution >= 0.6 is 0 Å². The van der Waals surface area contributed by atoms with Crippen molar-refractivity contribution in [1.29, 1.82) is 0 Å². The van der Waals surface area contributed by atoms with E-state index in [0.29, 0.717) is 13.1 Å². The predicted molar refractivity (Wildman–Crippen MR) is 58.1 cm³/mol. The molecule has 0 spiro atoms. The normalized spacial score (nSPS) is 14.2. The molecule has 0 aliphatic carbocycles. The van der Waals surface area contributed by atoms with Gasteiger partial charge in [-0.2, -0.15) is 8.42 Å². The highest BCUT2D eigenvalue weighted by molar-refractivity contribution is 7.87. The first-order chi connectivity index (χ1) is 6.48. The molecule has 4 N–H and O–H groups in total. The van der Waals surface area contributed by atoms with Crippen molar-refractivity contribution in [2.75, 3.05) is 13.1 Å². The maximum Gasteiger partial charge on any atom is 0.276 e. The molecule has 0 heterocycles. The molecule has 86 valence electrons. The maximum atomic E-state index is 11.2. The molecule has 0 aromatic heterocycles. The topological polar surface area (TPSA) is 84.2 Å². The van der Waals surface area contributed by atoms with Gasteiger partial charge < -0.3 is 5.73 Å². The summed E-state index contributed by atoms with van der Waals surface area (Å²) in [6.07, 6.45) is 2.39. The second-order valence-electron chi connectivity index (χ2n) is 3.41. The Labute approximate surface area is 86.6 Å². The van der Waals surface area contributed by atoms with Gasteiger partial charge in [0.25, 0.3) is 10.2 Å². The maximum absolute atomic E-state index is 11.2. The Morgan fingerprint density at radius 1 is 1.29 bits per heavy atom. The number of nitrogens with one attached hydrogen (secondary N) is 2. The van der Waals surface area contributed by atoms with Crippen LogP contribution in [-0.2, 0) is 10.2 Å². The lowest BCUT2D eigenvalue weighted by molar-refractivity contribution is 0.554. The summed E-state index contributed by atoms with van der Waals surface area (Å²) in [6.45, 7) is 4.74. The van der Waals surface area contributed by atoms with Gasteiger partial charge in [-0.1, -0.05) is 6.92 Å². The Morgan fingerprint density at radius 2 is 1.86 bits per heavy atom. The standard InChI is InChI=1S/C8H21N3O2S/c1-3-6-10-14(12,13)11-7-4-5-8(2)9/h8,10-11H,3-7,9H2,1-2H3. The zero-order chi connectivity index (χ0) is 11.0. The van der Waals surface area contributed by atoms with Gasteiger partial charge in [-0.25, -0.2) is 9.44 Å². The highest BCUT2D eigenvalue weighted by Gasteiger charge is 2.06. The van der Waals surface area contributed by atoms with Crippen LogP contribution in [0.3, 0.4) is 0 Å². The molecule has 0 saturated carbocycles. The van der Waals surface area contributed by atoms with Crippen LogP contribution < -0.4 is 15.2 Å². The third kappa shape index (κ3) is 8.43. The Bertz CT molecular complexity index is 227. The molecule has 1 unspecified atom stereocenters. The molecule has 0 radical (unpaired) electrons. The van der Waals surface area contributed by atoms with Crippen LogP contribution in [0.1, 0.15) is 33.1 Å². The molecule has 0 fully saturated rings. The number of hydrogen-bond acceptors (Lipinski definition) is 3. The van der Waals surface area contributed by atoms with Gasteiger partial charge in [0.2, 0.25) is 0 Å².